The number of imide groups is 1. The average molecular weight is 389 g/mol. The Bertz CT molecular complexity index is 764. The fraction of sp³-hybridized carbons (Fsp3) is 0.550. The first-order chi connectivity index (χ1) is 12.5. The normalized spacial score (nSPS) is 23.8. The van der Waals surface area contributed by atoms with Gasteiger partial charge in [0.05, 0.1) is 17.2 Å². The minimum atomic E-state index is -1.91. The van der Waals surface area contributed by atoms with Crippen molar-refractivity contribution < 1.29 is 18.8 Å². The van der Waals surface area contributed by atoms with Crippen LogP contribution in [0.25, 0.3) is 0 Å². The third-order valence-electron chi connectivity index (χ3n) is 6.15. The monoisotopic (exact) mass is 388 g/mol. The van der Waals surface area contributed by atoms with E-state index in [4.69, 9.17) is 4.43 Å². The number of β-lactam (4-membered cyclic amide) rings is 1. The first-order valence-electron chi connectivity index (χ1n) is 9.37. The number of hydrogen-bond acceptors (Lipinski definition) is 4. The molecule has 0 radical (unpaired) electrons. The molecule has 2 aliphatic rings. The topological polar surface area (TPSA) is 75.7 Å². The average Bonchev–Trinajstić information content (AvgIpc) is 2.82. The number of carbonyl (C=O) groups excluding carboxylic acids is 3. The molecule has 0 spiro atoms. The van der Waals surface area contributed by atoms with Crippen molar-refractivity contribution in [1.29, 1.82) is 0 Å². The first-order valence-corrected chi connectivity index (χ1v) is 12.3. The van der Waals surface area contributed by atoms with Crippen molar-refractivity contribution in [2.75, 3.05) is 6.61 Å². The van der Waals surface area contributed by atoms with Gasteiger partial charge in [0.15, 0.2) is 8.32 Å². The summed E-state index contributed by atoms with van der Waals surface area (Å²) >= 11 is 0. The van der Waals surface area contributed by atoms with Crippen LogP contribution in [-0.4, -0.2) is 49.6 Å². The van der Waals surface area contributed by atoms with Gasteiger partial charge in [0.2, 0.25) is 5.91 Å². The van der Waals surface area contributed by atoms with Gasteiger partial charge >= 0.3 is 0 Å². The highest BCUT2D eigenvalue weighted by Crippen LogP contribution is 2.37. The summed E-state index contributed by atoms with van der Waals surface area (Å²) in [6.07, 6.45) is 0. The Kier molecular flexibility index (Phi) is 4.80. The van der Waals surface area contributed by atoms with Crippen LogP contribution in [0.1, 0.15) is 48.4 Å². The smallest absolute Gasteiger partial charge is 0.262 e. The molecule has 3 rings (SSSR count). The van der Waals surface area contributed by atoms with E-state index in [-0.39, 0.29) is 22.9 Å². The van der Waals surface area contributed by atoms with E-state index in [1.54, 1.807) is 24.3 Å². The third-order valence-corrected chi connectivity index (χ3v) is 10.6. The maximum atomic E-state index is 12.7. The van der Waals surface area contributed by atoms with Crippen LogP contribution in [0.3, 0.4) is 0 Å². The van der Waals surface area contributed by atoms with E-state index in [9.17, 15) is 14.4 Å². The summed E-state index contributed by atoms with van der Waals surface area (Å²) in [7, 11) is -1.91. The number of nitrogens with zero attached hydrogens (tertiary/aromatic N) is 1. The molecule has 2 aliphatic heterocycles. The van der Waals surface area contributed by atoms with Crippen molar-refractivity contribution in [3.8, 4) is 0 Å². The maximum absolute atomic E-state index is 12.7. The summed E-state index contributed by atoms with van der Waals surface area (Å²) < 4.78 is 6.27. The lowest BCUT2D eigenvalue weighted by atomic mass is 9.87. The lowest BCUT2D eigenvalue weighted by Crippen LogP contribution is -2.72. The zero-order valence-electron chi connectivity index (χ0n) is 16.8. The van der Waals surface area contributed by atoms with Gasteiger partial charge in [-0.1, -0.05) is 39.8 Å². The Morgan fingerprint density at radius 2 is 1.63 bits per heavy atom. The summed E-state index contributed by atoms with van der Waals surface area (Å²) in [5.74, 6) is -1.07. The molecule has 27 heavy (non-hydrogen) atoms. The van der Waals surface area contributed by atoms with E-state index >= 15 is 0 Å². The zero-order valence-corrected chi connectivity index (χ0v) is 17.8. The second-order valence-electron chi connectivity index (χ2n) is 9.05. The van der Waals surface area contributed by atoms with Crippen LogP contribution in [0.15, 0.2) is 24.3 Å². The Morgan fingerprint density at radius 1 is 1.11 bits per heavy atom. The second-order valence-corrected chi connectivity index (χ2v) is 13.9. The lowest BCUT2D eigenvalue weighted by molar-refractivity contribution is -0.136. The van der Waals surface area contributed by atoms with Crippen LogP contribution in [0, 0.1) is 5.92 Å². The summed E-state index contributed by atoms with van der Waals surface area (Å²) in [6, 6.07) is 5.65. The van der Waals surface area contributed by atoms with Gasteiger partial charge in [-0.2, -0.15) is 0 Å². The van der Waals surface area contributed by atoms with Gasteiger partial charge in [-0.3, -0.25) is 19.3 Å². The molecule has 3 amide bonds. The summed E-state index contributed by atoms with van der Waals surface area (Å²) in [5.41, 5.74) is 0.734. The molecule has 0 saturated carbocycles. The second kappa shape index (κ2) is 6.56. The van der Waals surface area contributed by atoms with Crippen LogP contribution in [0.2, 0.25) is 18.1 Å². The van der Waals surface area contributed by atoms with Crippen molar-refractivity contribution in [3.05, 3.63) is 35.4 Å². The summed E-state index contributed by atoms with van der Waals surface area (Å²) in [6.45, 7) is 13.4. The molecule has 1 fully saturated rings. The third kappa shape index (κ3) is 3.23. The fourth-order valence-electron chi connectivity index (χ4n) is 3.25. The van der Waals surface area contributed by atoms with Crippen LogP contribution in [0.4, 0.5) is 0 Å². The van der Waals surface area contributed by atoms with Gasteiger partial charge in [-0.05, 0) is 30.3 Å². The van der Waals surface area contributed by atoms with Crippen LogP contribution in [-0.2, 0) is 9.22 Å². The molecule has 146 valence electrons. The van der Waals surface area contributed by atoms with Gasteiger partial charge in [0, 0.05) is 12.5 Å². The van der Waals surface area contributed by atoms with E-state index in [2.05, 4.69) is 39.2 Å². The molecule has 7 heteroatoms. The molecule has 6 nitrogen and oxygen atoms in total. The molecule has 0 aromatic heterocycles. The van der Waals surface area contributed by atoms with Gasteiger partial charge < -0.3 is 9.74 Å². The highest BCUT2D eigenvalue weighted by atomic mass is 28.4. The molecule has 3 atom stereocenters. The van der Waals surface area contributed by atoms with E-state index in [1.807, 2.05) is 6.92 Å². The molecule has 0 aliphatic carbocycles. The lowest BCUT2D eigenvalue weighted by Gasteiger charge is -2.45. The number of fused-ring (bicyclic) bond motifs is 1. The minimum Gasteiger partial charge on any atom is -0.416 e. The fourth-order valence-corrected chi connectivity index (χ4v) is 4.36. The van der Waals surface area contributed by atoms with Crippen molar-refractivity contribution in [2.24, 2.45) is 5.92 Å². The number of hydrogen-bond donors (Lipinski definition) is 1. The largest absolute Gasteiger partial charge is 0.416 e. The summed E-state index contributed by atoms with van der Waals surface area (Å²) in [5, 5.41) is 2.96. The Balaban J connectivity index is 1.73. The zero-order chi connectivity index (χ0) is 20.1. The number of nitrogens with one attached hydrogen (secondary N) is 1. The van der Waals surface area contributed by atoms with E-state index in [0.717, 1.165) is 4.90 Å². The number of carbonyl (C=O) groups is 3. The molecule has 1 saturated heterocycles. The number of benzene rings is 1. The minimum absolute atomic E-state index is 0.00821. The standard InChI is InChI=1S/C20H28N2O4Si/c1-12(11-26-27(5,6)20(2,3)4)15-16(17(23)21-15)22-18(24)13-9-7-8-10-14(13)19(22)25/h7-10,12,15-16H,11H2,1-6H3,(H,21,23)/t12-,15+,16+/m0/s1. The Hall–Kier alpha value is -1.99. The SMILES string of the molecule is C[C@@H](CO[Si](C)(C)C(C)(C)C)[C@H]1NC(=O)[C@@H]1N1C(=O)c2ccccc2C1=O. The van der Waals surface area contributed by atoms with Crippen LogP contribution in [0.5, 0.6) is 0 Å². The first kappa shape index (κ1) is 19.8. The highest BCUT2D eigenvalue weighted by Gasteiger charge is 2.53. The molecule has 1 N–H and O–H groups in total. The van der Waals surface area contributed by atoms with Gasteiger partial charge in [0.1, 0.15) is 6.04 Å². The predicted molar refractivity (Wildman–Crippen MR) is 105 cm³/mol. The molecular weight excluding hydrogens is 360 g/mol. The maximum Gasteiger partial charge on any atom is 0.262 e. The number of amides is 3. The highest BCUT2D eigenvalue weighted by molar-refractivity contribution is 6.74. The molecular formula is C20H28N2O4Si. The Morgan fingerprint density at radius 3 is 2.07 bits per heavy atom. The van der Waals surface area contributed by atoms with Crippen molar-refractivity contribution >= 4 is 26.0 Å². The molecule has 2 heterocycles. The Labute approximate surface area is 161 Å². The molecule has 0 unspecified atom stereocenters. The van der Waals surface area contributed by atoms with Gasteiger partial charge in [-0.25, -0.2) is 0 Å². The van der Waals surface area contributed by atoms with E-state index < -0.39 is 26.2 Å². The van der Waals surface area contributed by atoms with Crippen LogP contribution >= 0.6 is 0 Å². The van der Waals surface area contributed by atoms with Crippen LogP contribution < -0.4 is 5.32 Å². The molecule has 0 bridgehead atoms. The molecule has 1 aromatic rings. The molecule has 1 aromatic carbocycles. The number of rotatable bonds is 5. The van der Waals surface area contributed by atoms with E-state index in [0.29, 0.717) is 17.7 Å². The van der Waals surface area contributed by atoms with E-state index in [1.165, 1.54) is 0 Å². The van der Waals surface area contributed by atoms with Crippen molar-refractivity contribution in [2.45, 2.75) is 57.9 Å². The van der Waals surface area contributed by atoms with Gasteiger partial charge in [0.25, 0.3) is 11.8 Å². The van der Waals surface area contributed by atoms with Gasteiger partial charge in [-0.15, -0.1) is 0 Å². The summed E-state index contributed by atoms with van der Waals surface area (Å²) in [4.78, 5) is 38.8. The predicted octanol–water partition coefficient (Wildman–Crippen LogP) is 2.81. The van der Waals surface area contributed by atoms with Crippen molar-refractivity contribution in [3.63, 3.8) is 0 Å². The van der Waals surface area contributed by atoms with Crippen molar-refractivity contribution in [1.82, 2.24) is 10.2 Å². The quantitative estimate of drug-likeness (QED) is 0.478.